The van der Waals surface area contributed by atoms with Crippen molar-refractivity contribution in [2.45, 2.75) is 51.5 Å². The molecule has 1 saturated carbocycles. The average Bonchev–Trinajstić information content (AvgIpc) is 3.36. The van der Waals surface area contributed by atoms with Crippen molar-refractivity contribution in [3.63, 3.8) is 0 Å². The number of hydrogen-bond donors (Lipinski definition) is 1. The molecule has 4 aromatic rings. The minimum atomic E-state index is -0.0956. The summed E-state index contributed by atoms with van der Waals surface area (Å²) < 4.78 is 10.1. The Morgan fingerprint density at radius 3 is 2.62 bits per heavy atom. The van der Waals surface area contributed by atoms with E-state index in [1.807, 2.05) is 25.1 Å². The lowest BCUT2D eigenvalue weighted by Crippen LogP contribution is -2.16. The van der Waals surface area contributed by atoms with E-state index in [9.17, 15) is 4.79 Å². The number of carbonyl (C=O) groups excluding carboxylic acids is 1. The van der Waals surface area contributed by atoms with Gasteiger partial charge in [-0.3, -0.25) is 14.5 Å². The number of halogens is 1. The van der Waals surface area contributed by atoms with Crippen molar-refractivity contribution < 1.29 is 9.53 Å². The monoisotopic (exact) mass is 494 g/mol. The van der Waals surface area contributed by atoms with Crippen molar-refractivity contribution in [1.82, 2.24) is 19.3 Å². The van der Waals surface area contributed by atoms with Gasteiger partial charge in [0.05, 0.1) is 12.6 Å². The van der Waals surface area contributed by atoms with Gasteiger partial charge in [-0.05, 0) is 80.0 Å². The highest BCUT2D eigenvalue weighted by molar-refractivity contribution is 7.71. The van der Waals surface area contributed by atoms with Gasteiger partial charge in [-0.15, -0.1) is 0 Å². The van der Waals surface area contributed by atoms with E-state index in [4.69, 9.17) is 28.6 Å². The third-order valence-corrected chi connectivity index (χ3v) is 7.43. The molecule has 176 valence electrons. The van der Waals surface area contributed by atoms with Gasteiger partial charge >= 0.3 is 0 Å². The second kappa shape index (κ2) is 9.39. The van der Waals surface area contributed by atoms with E-state index < -0.39 is 0 Å². The van der Waals surface area contributed by atoms with Gasteiger partial charge in [-0.25, -0.2) is 0 Å². The van der Waals surface area contributed by atoms with Gasteiger partial charge in [0, 0.05) is 34.1 Å². The fourth-order valence-electron chi connectivity index (χ4n) is 5.13. The minimum Gasteiger partial charge on any atom is -0.497 e. The Balaban J connectivity index is 1.63. The standard InChI is InChI=1S/C26H27ClN4O2S/c1-16-21(15-24-28-29-26(34)31(24)19-6-4-3-5-7-19)22-14-20(33-2)12-13-23(22)30(16)25(32)17-8-10-18(27)11-9-17/h8-14,19H,3-7,15H2,1-2H3,(H,29,34). The largest absolute Gasteiger partial charge is 0.497 e. The number of methoxy groups -OCH3 is 1. The number of hydrogen-bond acceptors (Lipinski definition) is 4. The highest BCUT2D eigenvalue weighted by Crippen LogP contribution is 2.34. The summed E-state index contributed by atoms with van der Waals surface area (Å²) in [6.07, 6.45) is 6.50. The number of nitrogens with one attached hydrogen (secondary N) is 1. The number of carbonyl (C=O) groups is 1. The van der Waals surface area contributed by atoms with Gasteiger partial charge in [0.1, 0.15) is 11.6 Å². The van der Waals surface area contributed by atoms with Crippen molar-refractivity contribution in [2.24, 2.45) is 0 Å². The molecular weight excluding hydrogens is 468 g/mol. The van der Waals surface area contributed by atoms with Crippen LogP contribution in [0.1, 0.15) is 65.6 Å². The third-order valence-electron chi connectivity index (χ3n) is 6.89. The maximum absolute atomic E-state index is 13.6. The molecule has 0 aliphatic heterocycles. The van der Waals surface area contributed by atoms with E-state index in [1.165, 1.54) is 19.3 Å². The van der Waals surface area contributed by atoms with E-state index in [0.29, 0.717) is 27.8 Å². The smallest absolute Gasteiger partial charge is 0.262 e. The van der Waals surface area contributed by atoms with Crippen LogP contribution in [-0.2, 0) is 6.42 Å². The summed E-state index contributed by atoms with van der Waals surface area (Å²) in [4.78, 5) is 13.6. The number of rotatable bonds is 5. The lowest BCUT2D eigenvalue weighted by molar-refractivity contribution is 0.0963. The fourth-order valence-corrected chi connectivity index (χ4v) is 5.56. The van der Waals surface area contributed by atoms with Gasteiger partial charge in [-0.1, -0.05) is 30.9 Å². The Kier molecular flexibility index (Phi) is 6.32. The van der Waals surface area contributed by atoms with E-state index in [0.717, 1.165) is 46.6 Å². The zero-order valence-electron chi connectivity index (χ0n) is 19.3. The number of aromatic amines is 1. The molecule has 1 aliphatic rings. The molecule has 0 saturated heterocycles. The second-order valence-corrected chi connectivity index (χ2v) is 9.70. The van der Waals surface area contributed by atoms with Crippen molar-refractivity contribution in [3.05, 3.63) is 74.9 Å². The molecule has 0 bridgehead atoms. The summed E-state index contributed by atoms with van der Waals surface area (Å²) in [5.74, 6) is 1.55. The number of nitrogens with zero attached hydrogens (tertiary/aromatic N) is 3. The van der Waals surface area contributed by atoms with Crippen LogP contribution in [0.5, 0.6) is 5.75 Å². The predicted octanol–water partition coefficient (Wildman–Crippen LogP) is 6.65. The third kappa shape index (κ3) is 4.07. The van der Waals surface area contributed by atoms with E-state index in [1.54, 1.807) is 35.9 Å². The predicted molar refractivity (Wildman–Crippen MR) is 137 cm³/mol. The van der Waals surface area contributed by atoms with Gasteiger partial charge in [0.15, 0.2) is 4.77 Å². The molecule has 0 radical (unpaired) electrons. The summed E-state index contributed by atoms with van der Waals surface area (Å²) in [6.45, 7) is 1.99. The average molecular weight is 495 g/mol. The molecule has 1 aliphatic carbocycles. The van der Waals surface area contributed by atoms with Crippen molar-refractivity contribution >= 4 is 40.6 Å². The molecule has 1 fully saturated rings. The van der Waals surface area contributed by atoms with Crippen molar-refractivity contribution in [3.8, 4) is 5.75 Å². The molecule has 5 rings (SSSR count). The Morgan fingerprint density at radius 1 is 1.18 bits per heavy atom. The summed E-state index contributed by atoms with van der Waals surface area (Å²) in [6, 6.07) is 13.2. The van der Waals surface area contributed by atoms with Crippen molar-refractivity contribution in [2.75, 3.05) is 7.11 Å². The molecule has 34 heavy (non-hydrogen) atoms. The van der Waals surface area contributed by atoms with E-state index in [-0.39, 0.29) is 5.91 Å². The second-order valence-electron chi connectivity index (χ2n) is 8.88. The summed E-state index contributed by atoms with van der Waals surface area (Å²) >= 11 is 11.7. The van der Waals surface area contributed by atoms with Crippen LogP contribution in [0.3, 0.4) is 0 Å². The molecule has 6 nitrogen and oxygen atoms in total. The normalized spacial score (nSPS) is 14.6. The molecule has 8 heteroatoms. The van der Waals surface area contributed by atoms with Gasteiger partial charge in [0.2, 0.25) is 0 Å². The van der Waals surface area contributed by atoms with Crippen LogP contribution in [0.15, 0.2) is 42.5 Å². The Hall–Kier alpha value is -2.90. The van der Waals surface area contributed by atoms with Crippen LogP contribution in [0.4, 0.5) is 0 Å². The first-order valence-electron chi connectivity index (χ1n) is 11.6. The molecule has 0 amide bonds. The Bertz CT molecular complexity index is 1410. The lowest BCUT2D eigenvalue weighted by atomic mass is 9.95. The molecular formula is C26H27ClN4O2S. The molecule has 0 atom stereocenters. The van der Waals surface area contributed by atoms with Crippen LogP contribution < -0.4 is 4.74 Å². The zero-order valence-corrected chi connectivity index (χ0v) is 20.9. The number of fused-ring (bicyclic) bond motifs is 1. The summed E-state index contributed by atoms with van der Waals surface area (Å²) in [5, 5.41) is 9.19. The molecule has 0 spiro atoms. The highest BCUT2D eigenvalue weighted by Gasteiger charge is 2.24. The topological polar surface area (TPSA) is 64.8 Å². The molecule has 2 aromatic carbocycles. The first kappa shape index (κ1) is 22.9. The summed E-state index contributed by atoms with van der Waals surface area (Å²) in [5.41, 5.74) is 3.35. The maximum atomic E-state index is 13.6. The number of H-pyrrole nitrogens is 1. The van der Waals surface area contributed by atoms with Crippen LogP contribution in [0, 0.1) is 11.7 Å². The highest BCUT2D eigenvalue weighted by atomic mass is 35.5. The molecule has 1 N–H and O–H groups in total. The van der Waals surface area contributed by atoms with Crippen LogP contribution in [0.25, 0.3) is 10.9 Å². The molecule has 2 aromatic heterocycles. The molecule has 0 unspecified atom stereocenters. The zero-order chi connectivity index (χ0) is 23.8. The Labute approximate surface area is 208 Å². The quantitative estimate of drug-likeness (QED) is 0.315. The van der Waals surface area contributed by atoms with Gasteiger partial charge < -0.3 is 9.30 Å². The SMILES string of the molecule is COc1ccc2c(c1)c(Cc1n[nH]c(=S)n1C1CCCCC1)c(C)n2C(=O)c1ccc(Cl)cc1. The summed E-state index contributed by atoms with van der Waals surface area (Å²) in [7, 11) is 1.65. The fraction of sp³-hybridized carbons (Fsp3) is 0.346. The number of ether oxygens (including phenoxy) is 1. The van der Waals surface area contributed by atoms with Crippen LogP contribution in [0.2, 0.25) is 5.02 Å². The van der Waals surface area contributed by atoms with Gasteiger partial charge in [0.25, 0.3) is 5.91 Å². The first-order chi connectivity index (χ1) is 16.5. The number of benzene rings is 2. The van der Waals surface area contributed by atoms with E-state index >= 15 is 0 Å². The Morgan fingerprint density at radius 2 is 1.91 bits per heavy atom. The van der Waals surface area contributed by atoms with E-state index in [2.05, 4.69) is 14.8 Å². The van der Waals surface area contributed by atoms with Crippen molar-refractivity contribution in [1.29, 1.82) is 0 Å². The first-order valence-corrected chi connectivity index (χ1v) is 12.4. The maximum Gasteiger partial charge on any atom is 0.262 e. The molecule has 2 heterocycles. The van der Waals surface area contributed by atoms with Gasteiger partial charge in [-0.2, -0.15) is 5.10 Å². The lowest BCUT2D eigenvalue weighted by Gasteiger charge is -2.24. The number of aromatic nitrogens is 4. The van der Waals surface area contributed by atoms with Crippen LogP contribution >= 0.6 is 23.8 Å². The minimum absolute atomic E-state index is 0.0956. The van der Waals surface area contributed by atoms with Crippen LogP contribution in [-0.4, -0.2) is 32.3 Å².